The van der Waals surface area contributed by atoms with E-state index in [4.69, 9.17) is 0 Å². The van der Waals surface area contributed by atoms with E-state index in [0.717, 1.165) is 0 Å². The predicted octanol–water partition coefficient (Wildman–Crippen LogP) is 5.50. The summed E-state index contributed by atoms with van der Waals surface area (Å²) in [6, 6.07) is 21.6. The molecule has 0 aliphatic rings. The molecule has 0 aliphatic carbocycles. The number of benzene rings is 2. The van der Waals surface area contributed by atoms with Gasteiger partial charge in [0.05, 0.1) is 0 Å². The van der Waals surface area contributed by atoms with Gasteiger partial charge in [-0.2, -0.15) is 71.8 Å². The van der Waals surface area contributed by atoms with Crippen molar-refractivity contribution >= 4 is 0 Å². The van der Waals surface area contributed by atoms with Crippen LogP contribution in [-0.4, -0.2) is 0 Å². The van der Waals surface area contributed by atoms with E-state index in [2.05, 4.69) is 26.0 Å². The van der Waals surface area contributed by atoms with Gasteiger partial charge in [-0.05, 0) is 0 Å². The van der Waals surface area contributed by atoms with E-state index in [0.29, 0.717) is 0 Å². The standard InChI is InChI=1S/2C7H7.3CH4.V/c2*1-7-5-3-2-4-6-7;;;;/h2*3-6H,1H3;3*1H4;/q2*-1;;;;+2. The first-order chi connectivity index (χ1) is 6.79. The second-order valence-corrected chi connectivity index (χ2v) is 3.15. The van der Waals surface area contributed by atoms with Gasteiger partial charge in [-0.25, -0.2) is 0 Å². The van der Waals surface area contributed by atoms with Gasteiger partial charge in [-0.1, -0.05) is 36.1 Å². The van der Waals surface area contributed by atoms with Crippen molar-refractivity contribution in [3.8, 4) is 0 Å². The molecule has 0 N–H and O–H groups in total. The van der Waals surface area contributed by atoms with E-state index in [9.17, 15) is 0 Å². The van der Waals surface area contributed by atoms with E-state index in [1.54, 1.807) is 0 Å². The molecule has 0 heterocycles. The quantitative estimate of drug-likeness (QED) is 0.560. The second-order valence-electron chi connectivity index (χ2n) is 3.15. The zero-order valence-electron chi connectivity index (χ0n) is 9.07. The van der Waals surface area contributed by atoms with Gasteiger partial charge in [0, 0.05) is 0 Å². The van der Waals surface area contributed by atoms with Gasteiger partial charge >= 0.3 is 18.6 Å². The van der Waals surface area contributed by atoms with Crippen molar-refractivity contribution in [3.05, 3.63) is 71.8 Å². The fraction of sp³-hybridized carbons (Fsp3) is 0.294. The van der Waals surface area contributed by atoms with Crippen LogP contribution in [0.2, 0.25) is 0 Å². The molecule has 0 bridgehead atoms. The molecule has 0 aromatic heterocycles. The summed E-state index contributed by atoms with van der Waals surface area (Å²) in [6.07, 6.45) is 0. The Morgan fingerprint density at radius 3 is 0.944 bits per heavy atom. The van der Waals surface area contributed by atoms with Gasteiger partial charge in [0.25, 0.3) is 0 Å². The third kappa shape index (κ3) is 13.1. The SMILES string of the molecule is C.C.C.Cc1cc[c-]cc1.Cc1cc[c-]cc1.[V+2]. The van der Waals surface area contributed by atoms with Gasteiger partial charge in [-0.15, -0.1) is 0 Å². The maximum absolute atomic E-state index is 2.93. The van der Waals surface area contributed by atoms with E-state index in [1.165, 1.54) is 11.1 Å². The van der Waals surface area contributed by atoms with Crippen molar-refractivity contribution in [3.63, 3.8) is 0 Å². The minimum Gasteiger partial charge on any atom is -0.184 e. The Hall–Kier alpha value is -0.976. The minimum atomic E-state index is 0. The summed E-state index contributed by atoms with van der Waals surface area (Å²) in [5.74, 6) is 0. The van der Waals surface area contributed by atoms with Crippen molar-refractivity contribution in [2.75, 3.05) is 0 Å². The minimum absolute atomic E-state index is 0. The van der Waals surface area contributed by atoms with Gasteiger partial charge in [0.1, 0.15) is 0 Å². The normalized spacial score (nSPS) is 6.78. The average Bonchev–Trinajstić information content (AvgIpc) is 2.21. The van der Waals surface area contributed by atoms with Crippen molar-refractivity contribution < 1.29 is 18.6 Å². The first kappa shape index (κ1) is 25.8. The average molecular weight is 281 g/mol. The van der Waals surface area contributed by atoms with Crippen molar-refractivity contribution in [1.82, 2.24) is 0 Å². The largest absolute Gasteiger partial charge is 2.00 e. The molecule has 0 fully saturated rings. The number of rotatable bonds is 0. The molecule has 1 radical (unpaired) electrons. The predicted molar refractivity (Wildman–Crippen MR) is 80.2 cm³/mol. The Morgan fingerprint density at radius 2 is 0.833 bits per heavy atom. The Kier molecular flexibility index (Phi) is 22.9. The third-order valence-electron chi connectivity index (χ3n) is 1.77. The molecule has 0 aliphatic heterocycles. The molecule has 0 amide bonds. The maximum Gasteiger partial charge on any atom is 2.00 e. The summed E-state index contributed by atoms with van der Waals surface area (Å²) in [4.78, 5) is 0. The van der Waals surface area contributed by atoms with Crippen molar-refractivity contribution in [2.24, 2.45) is 0 Å². The Morgan fingerprint density at radius 1 is 0.611 bits per heavy atom. The van der Waals surface area contributed by atoms with Crippen LogP contribution in [0, 0.1) is 26.0 Å². The second kappa shape index (κ2) is 16.0. The maximum atomic E-state index is 2.93. The van der Waals surface area contributed by atoms with Crippen molar-refractivity contribution in [2.45, 2.75) is 36.1 Å². The zero-order chi connectivity index (χ0) is 10.2. The molecule has 1 heteroatoms. The molecular formula is C17H26V. The van der Waals surface area contributed by atoms with Gasteiger partial charge in [0.2, 0.25) is 0 Å². The van der Waals surface area contributed by atoms with Crippen LogP contribution in [0.4, 0.5) is 0 Å². The molecule has 0 nitrogen and oxygen atoms in total. The van der Waals surface area contributed by atoms with Crippen LogP contribution in [-0.2, 0) is 18.6 Å². The summed E-state index contributed by atoms with van der Waals surface area (Å²) < 4.78 is 0. The first-order valence-corrected chi connectivity index (χ1v) is 4.64. The molecule has 0 atom stereocenters. The monoisotopic (exact) mass is 281 g/mol. The van der Waals surface area contributed by atoms with Crippen LogP contribution in [0.1, 0.15) is 33.4 Å². The van der Waals surface area contributed by atoms with Crippen molar-refractivity contribution in [1.29, 1.82) is 0 Å². The molecule has 2 rings (SSSR count). The van der Waals surface area contributed by atoms with Crippen LogP contribution in [0.15, 0.2) is 48.5 Å². The fourth-order valence-electron chi connectivity index (χ4n) is 0.940. The van der Waals surface area contributed by atoms with Crippen LogP contribution in [0.25, 0.3) is 0 Å². The van der Waals surface area contributed by atoms with E-state index >= 15 is 0 Å². The molecular weight excluding hydrogens is 255 g/mol. The molecule has 0 unspecified atom stereocenters. The summed E-state index contributed by atoms with van der Waals surface area (Å²) in [7, 11) is 0. The summed E-state index contributed by atoms with van der Waals surface area (Å²) in [6.45, 7) is 4.13. The van der Waals surface area contributed by atoms with Gasteiger partial charge in [0.15, 0.2) is 0 Å². The summed E-state index contributed by atoms with van der Waals surface area (Å²) in [5, 5.41) is 0. The molecule has 2 aromatic carbocycles. The van der Waals surface area contributed by atoms with Gasteiger partial charge < -0.3 is 0 Å². The molecule has 0 spiro atoms. The number of hydrogen-bond donors (Lipinski definition) is 0. The van der Waals surface area contributed by atoms with E-state index in [-0.39, 0.29) is 40.8 Å². The summed E-state index contributed by atoms with van der Waals surface area (Å²) >= 11 is 0. The van der Waals surface area contributed by atoms with Crippen LogP contribution in [0.3, 0.4) is 0 Å². The molecule has 0 saturated heterocycles. The fourth-order valence-corrected chi connectivity index (χ4v) is 0.940. The Labute approximate surface area is 126 Å². The molecule has 18 heavy (non-hydrogen) atoms. The van der Waals surface area contributed by atoms with Crippen LogP contribution >= 0.6 is 0 Å². The van der Waals surface area contributed by atoms with E-state index in [1.807, 2.05) is 48.5 Å². The van der Waals surface area contributed by atoms with Crippen LogP contribution in [0.5, 0.6) is 0 Å². The molecule has 99 valence electrons. The Bertz CT molecular complexity index is 303. The van der Waals surface area contributed by atoms with E-state index < -0.39 is 0 Å². The Balaban J connectivity index is -0.0000000891. The van der Waals surface area contributed by atoms with Gasteiger partial charge in [-0.3, -0.25) is 0 Å². The molecule has 2 aromatic rings. The third-order valence-corrected chi connectivity index (χ3v) is 1.77. The summed E-state index contributed by atoms with van der Waals surface area (Å²) in [5.41, 5.74) is 2.58. The zero-order valence-corrected chi connectivity index (χ0v) is 10.5. The number of aryl methyl sites for hydroxylation is 2. The van der Waals surface area contributed by atoms with Crippen LogP contribution < -0.4 is 0 Å². The topological polar surface area (TPSA) is 0 Å². The number of hydrogen-bond acceptors (Lipinski definition) is 0. The first-order valence-electron chi connectivity index (χ1n) is 4.64. The smallest absolute Gasteiger partial charge is 0.184 e. The molecule has 0 saturated carbocycles.